The highest BCUT2D eigenvalue weighted by molar-refractivity contribution is 7.80. The molecule has 0 atom stereocenters. The van der Waals surface area contributed by atoms with E-state index in [4.69, 9.17) is 33.3 Å². The first-order valence-electron chi connectivity index (χ1n) is 7.57. The molecule has 3 rings (SSSR count). The van der Waals surface area contributed by atoms with Gasteiger partial charge in [0.15, 0.2) is 0 Å². The molecule has 0 unspecified atom stereocenters. The molecule has 0 saturated carbocycles. The van der Waals surface area contributed by atoms with Crippen molar-refractivity contribution < 1.29 is 9.47 Å². The Labute approximate surface area is 146 Å². The average molecular weight is 348 g/mol. The Kier molecular flexibility index (Phi) is 5.49. The van der Waals surface area contributed by atoms with Crippen LogP contribution in [0, 0.1) is 0 Å². The standard InChI is InChI=1S/C18H18ClNO2S/c19-16-5-1-14(2-6-16)13-22-17-7-3-15(4-8-17)18(23)20-9-11-21-12-10-20/h1-8H,9-13H2. The zero-order valence-electron chi connectivity index (χ0n) is 12.7. The fourth-order valence-electron chi connectivity index (χ4n) is 2.39. The van der Waals surface area contributed by atoms with Crippen molar-refractivity contribution in [3.05, 3.63) is 64.7 Å². The van der Waals surface area contributed by atoms with E-state index < -0.39 is 0 Å². The van der Waals surface area contributed by atoms with Gasteiger partial charge in [-0.3, -0.25) is 0 Å². The number of hydrogen-bond acceptors (Lipinski definition) is 3. The fourth-order valence-corrected chi connectivity index (χ4v) is 2.83. The molecule has 5 heteroatoms. The van der Waals surface area contributed by atoms with Crippen molar-refractivity contribution in [1.29, 1.82) is 0 Å². The fraction of sp³-hybridized carbons (Fsp3) is 0.278. The van der Waals surface area contributed by atoms with Gasteiger partial charge in [-0.15, -0.1) is 0 Å². The summed E-state index contributed by atoms with van der Waals surface area (Å²) >= 11 is 11.4. The van der Waals surface area contributed by atoms with Gasteiger partial charge in [0.1, 0.15) is 17.3 Å². The van der Waals surface area contributed by atoms with Gasteiger partial charge in [-0.25, -0.2) is 0 Å². The van der Waals surface area contributed by atoms with E-state index in [2.05, 4.69) is 4.90 Å². The highest BCUT2D eigenvalue weighted by Crippen LogP contribution is 2.17. The molecule has 1 aliphatic rings. The first kappa shape index (κ1) is 16.2. The highest BCUT2D eigenvalue weighted by Gasteiger charge is 2.14. The van der Waals surface area contributed by atoms with E-state index >= 15 is 0 Å². The monoisotopic (exact) mass is 347 g/mol. The van der Waals surface area contributed by atoms with Crippen LogP contribution in [-0.4, -0.2) is 36.2 Å². The third kappa shape index (κ3) is 4.44. The first-order chi connectivity index (χ1) is 11.2. The minimum atomic E-state index is 0.518. The van der Waals surface area contributed by atoms with Gasteiger partial charge < -0.3 is 14.4 Å². The van der Waals surface area contributed by atoms with Gasteiger partial charge in [0, 0.05) is 23.7 Å². The second-order valence-corrected chi connectivity index (χ2v) is 6.17. The van der Waals surface area contributed by atoms with Crippen molar-refractivity contribution in [2.75, 3.05) is 26.3 Å². The third-order valence-electron chi connectivity index (χ3n) is 3.72. The number of rotatable bonds is 4. The van der Waals surface area contributed by atoms with Gasteiger partial charge in [0.2, 0.25) is 0 Å². The van der Waals surface area contributed by atoms with Crippen molar-refractivity contribution in [2.45, 2.75) is 6.61 Å². The summed E-state index contributed by atoms with van der Waals surface area (Å²) in [4.78, 5) is 3.06. The zero-order valence-corrected chi connectivity index (χ0v) is 14.3. The van der Waals surface area contributed by atoms with Crippen LogP contribution in [0.2, 0.25) is 5.02 Å². The van der Waals surface area contributed by atoms with Crippen LogP contribution in [0.4, 0.5) is 0 Å². The number of morpholine rings is 1. The molecule has 0 aromatic heterocycles. The first-order valence-corrected chi connectivity index (χ1v) is 8.35. The SMILES string of the molecule is S=C(c1ccc(OCc2ccc(Cl)cc2)cc1)N1CCOCC1. The molecule has 1 aliphatic heterocycles. The van der Waals surface area contributed by atoms with E-state index in [9.17, 15) is 0 Å². The Morgan fingerprint density at radius 3 is 2.35 bits per heavy atom. The molecule has 0 spiro atoms. The van der Waals surface area contributed by atoms with Gasteiger partial charge in [-0.2, -0.15) is 0 Å². The topological polar surface area (TPSA) is 21.7 Å². The zero-order chi connectivity index (χ0) is 16.1. The number of thiocarbonyl (C=S) groups is 1. The second kappa shape index (κ2) is 7.77. The van der Waals surface area contributed by atoms with E-state index in [0.29, 0.717) is 6.61 Å². The Balaban J connectivity index is 1.58. The maximum atomic E-state index is 5.88. The van der Waals surface area contributed by atoms with Gasteiger partial charge in [-0.1, -0.05) is 36.0 Å². The summed E-state index contributed by atoms with van der Waals surface area (Å²) in [6.45, 7) is 3.70. The van der Waals surface area contributed by atoms with E-state index in [-0.39, 0.29) is 0 Å². The van der Waals surface area contributed by atoms with Crippen LogP contribution in [0.15, 0.2) is 48.5 Å². The summed E-state index contributed by atoms with van der Waals surface area (Å²) in [6.07, 6.45) is 0. The van der Waals surface area contributed by atoms with E-state index in [1.165, 1.54) is 0 Å². The van der Waals surface area contributed by atoms with E-state index in [1.54, 1.807) is 0 Å². The maximum Gasteiger partial charge on any atom is 0.119 e. The van der Waals surface area contributed by atoms with Crippen molar-refractivity contribution in [1.82, 2.24) is 4.90 Å². The van der Waals surface area contributed by atoms with Crippen molar-refractivity contribution in [3.63, 3.8) is 0 Å². The number of ether oxygens (including phenoxy) is 2. The number of hydrogen-bond donors (Lipinski definition) is 0. The van der Waals surface area contributed by atoms with E-state index in [1.807, 2.05) is 48.5 Å². The lowest BCUT2D eigenvalue weighted by Gasteiger charge is -2.29. The lowest BCUT2D eigenvalue weighted by molar-refractivity contribution is 0.0693. The predicted octanol–water partition coefficient (Wildman–Crippen LogP) is 3.93. The molecular weight excluding hydrogens is 330 g/mol. The molecule has 3 nitrogen and oxygen atoms in total. The van der Waals surface area contributed by atoms with Crippen LogP contribution in [0.5, 0.6) is 5.75 Å². The Bertz CT molecular complexity index is 652. The third-order valence-corrected chi connectivity index (χ3v) is 4.46. The van der Waals surface area contributed by atoms with Crippen LogP contribution >= 0.6 is 23.8 Å². The summed E-state index contributed by atoms with van der Waals surface area (Å²) < 4.78 is 11.1. The molecular formula is C18H18ClNO2S. The van der Waals surface area contributed by atoms with Crippen LogP contribution in [-0.2, 0) is 11.3 Å². The van der Waals surface area contributed by atoms with Crippen LogP contribution in [0.1, 0.15) is 11.1 Å². The molecule has 0 radical (unpaired) electrons. The highest BCUT2D eigenvalue weighted by atomic mass is 35.5. The lowest BCUT2D eigenvalue weighted by atomic mass is 10.2. The Hall–Kier alpha value is -1.62. The molecule has 0 aliphatic carbocycles. The predicted molar refractivity (Wildman–Crippen MR) is 96.3 cm³/mol. The number of halogens is 1. The van der Waals surface area contributed by atoms with Gasteiger partial charge in [0.05, 0.1) is 13.2 Å². The quantitative estimate of drug-likeness (QED) is 0.781. The van der Waals surface area contributed by atoms with Crippen molar-refractivity contribution in [2.24, 2.45) is 0 Å². The van der Waals surface area contributed by atoms with Crippen LogP contribution in [0.3, 0.4) is 0 Å². The van der Waals surface area contributed by atoms with Gasteiger partial charge in [0.25, 0.3) is 0 Å². The summed E-state index contributed by atoms with van der Waals surface area (Å²) in [5.74, 6) is 0.827. The second-order valence-electron chi connectivity index (χ2n) is 5.34. The molecule has 0 amide bonds. The lowest BCUT2D eigenvalue weighted by Crippen LogP contribution is -2.40. The molecule has 2 aromatic carbocycles. The smallest absolute Gasteiger partial charge is 0.119 e. The Morgan fingerprint density at radius 1 is 1.04 bits per heavy atom. The molecule has 120 valence electrons. The van der Waals surface area contributed by atoms with Gasteiger partial charge >= 0.3 is 0 Å². The molecule has 2 aromatic rings. The summed E-state index contributed by atoms with van der Waals surface area (Å²) in [5, 5.41) is 0.731. The summed E-state index contributed by atoms with van der Waals surface area (Å²) in [6, 6.07) is 15.6. The molecule has 1 saturated heterocycles. The molecule has 1 fully saturated rings. The summed E-state index contributed by atoms with van der Waals surface area (Å²) in [5.41, 5.74) is 2.13. The minimum Gasteiger partial charge on any atom is -0.489 e. The maximum absolute atomic E-state index is 5.88. The van der Waals surface area contributed by atoms with Crippen LogP contribution in [0.25, 0.3) is 0 Å². The van der Waals surface area contributed by atoms with E-state index in [0.717, 1.165) is 53.2 Å². The largest absolute Gasteiger partial charge is 0.489 e. The van der Waals surface area contributed by atoms with Crippen LogP contribution < -0.4 is 4.74 Å². The number of nitrogens with zero attached hydrogens (tertiary/aromatic N) is 1. The van der Waals surface area contributed by atoms with Gasteiger partial charge in [-0.05, 0) is 42.0 Å². The average Bonchev–Trinajstić information content (AvgIpc) is 2.62. The number of benzene rings is 2. The van der Waals surface area contributed by atoms with Crippen molar-refractivity contribution >= 4 is 28.8 Å². The molecule has 1 heterocycles. The van der Waals surface area contributed by atoms with Crippen molar-refractivity contribution in [3.8, 4) is 5.75 Å². The molecule has 0 bridgehead atoms. The normalized spacial score (nSPS) is 14.6. The molecule has 0 N–H and O–H groups in total. The summed E-state index contributed by atoms with van der Waals surface area (Å²) in [7, 11) is 0. The Morgan fingerprint density at radius 2 is 1.70 bits per heavy atom. The molecule has 23 heavy (non-hydrogen) atoms. The minimum absolute atomic E-state index is 0.518.